The van der Waals surface area contributed by atoms with Crippen LogP contribution in [0.2, 0.25) is 5.02 Å². The van der Waals surface area contributed by atoms with Crippen molar-refractivity contribution >= 4 is 40.2 Å². The number of likely N-dealkylation sites (N-methyl/N-ethyl adjacent to an activating group) is 1. The van der Waals surface area contributed by atoms with E-state index in [4.69, 9.17) is 16.3 Å². The Kier molecular flexibility index (Phi) is 7.03. The van der Waals surface area contributed by atoms with Crippen LogP contribution < -0.4 is 10.6 Å². The Balaban J connectivity index is 1.67. The fourth-order valence-corrected chi connectivity index (χ4v) is 2.71. The second kappa shape index (κ2) is 9.24. The van der Waals surface area contributed by atoms with Gasteiger partial charge in [0.25, 0.3) is 0 Å². The minimum atomic E-state index is -0.598. The molecule has 0 bridgehead atoms. The standard InChI is InChI=1S/C16H19ClN4O3S/c1-11-9-18-14(25-11)20-16(23)24-8-7-21(2)15(22)19-10-12-5-3-4-6-13(12)17/h3-6,9H,7-8,10H2,1-2H3,(H,19,22)(H,18,20,23). The molecule has 0 atom stereocenters. The Hall–Kier alpha value is -2.32. The minimum Gasteiger partial charge on any atom is -0.447 e. The molecule has 2 N–H and O–H groups in total. The summed E-state index contributed by atoms with van der Waals surface area (Å²) in [5.74, 6) is 0. The number of hydrogen-bond donors (Lipinski definition) is 2. The van der Waals surface area contributed by atoms with E-state index in [1.165, 1.54) is 16.2 Å². The second-order valence-electron chi connectivity index (χ2n) is 5.21. The van der Waals surface area contributed by atoms with Crippen molar-refractivity contribution in [2.24, 2.45) is 0 Å². The Morgan fingerprint density at radius 2 is 2.12 bits per heavy atom. The lowest BCUT2D eigenvalue weighted by Gasteiger charge is -2.18. The van der Waals surface area contributed by atoms with E-state index >= 15 is 0 Å². The Morgan fingerprint density at radius 1 is 1.36 bits per heavy atom. The van der Waals surface area contributed by atoms with E-state index in [2.05, 4.69) is 15.6 Å². The van der Waals surface area contributed by atoms with Crippen LogP contribution in [-0.4, -0.2) is 42.2 Å². The SMILES string of the molecule is Cc1cnc(NC(=O)OCCN(C)C(=O)NCc2ccccc2Cl)s1. The summed E-state index contributed by atoms with van der Waals surface area (Å²) in [6.45, 7) is 2.56. The summed E-state index contributed by atoms with van der Waals surface area (Å²) in [5, 5.41) is 6.37. The largest absolute Gasteiger partial charge is 0.447 e. The Morgan fingerprint density at radius 3 is 2.80 bits per heavy atom. The molecule has 9 heteroatoms. The molecule has 0 spiro atoms. The number of urea groups is 1. The fourth-order valence-electron chi connectivity index (χ4n) is 1.86. The van der Waals surface area contributed by atoms with Crippen molar-refractivity contribution in [2.75, 3.05) is 25.5 Å². The van der Waals surface area contributed by atoms with Crippen molar-refractivity contribution in [3.8, 4) is 0 Å². The Bertz CT molecular complexity index is 738. The molecule has 0 saturated heterocycles. The first-order chi connectivity index (χ1) is 12.0. The van der Waals surface area contributed by atoms with Crippen LogP contribution in [-0.2, 0) is 11.3 Å². The monoisotopic (exact) mass is 382 g/mol. The molecule has 0 fully saturated rings. The van der Waals surface area contributed by atoms with Crippen molar-refractivity contribution in [3.63, 3.8) is 0 Å². The van der Waals surface area contributed by atoms with Crippen molar-refractivity contribution in [2.45, 2.75) is 13.5 Å². The van der Waals surface area contributed by atoms with Gasteiger partial charge in [0.2, 0.25) is 0 Å². The third-order valence-electron chi connectivity index (χ3n) is 3.22. The molecule has 7 nitrogen and oxygen atoms in total. The second-order valence-corrected chi connectivity index (χ2v) is 6.85. The molecule has 1 heterocycles. The van der Waals surface area contributed by atoms with Crippen molar-refractivity contribution in [1.82, 2.24) is 15.2 Å². The number of aryl methyl sites for hydroxylation is 1. The lowest BCUT2D eigenvalue weighted by molar-refractivity contribution is 0.146. The van der Waals surface area contributed by atoms with Crippen LogP contribution in [0.1, 0.15) is 10.4 Å². The van der Waals surface area contributed by atoms with Gasteiger partial charge < -0.3 is 15.0 Å². The lowest BCUT2D eigenvalue weighted by atomic mass is 10.2. The van der Waals surface area contributed by atoms with Gasteiger partial charge >= 0.3 is 12.1 Å². The van der Waals surface area contributed by atoms with Crippen LogP contribution in [0.4, 0.5) is 14.7 Å². The maximum atomic E-state index is 12.0. The maximum Gasteiger partial charge on any atom is 0.413 e. The molecule has 2 rings (SSSR count). The number of nitrogens with zero attached hydrogens (tertiary/aromatic N) is 2. The number of carbonyl (C=O) groups excluding carboxylic acids is 2. The van der Waals surface area contributed by atoms with Gasteiger partial charge in [-0.15, -0.1) is 11.3 Å². The highest BCUT2D eigenvalue weighted by atomic mass is 35.5. The topological polar surface area (TPSA) is 83.6 Å². The number of anilines is 1. The molecular formula is C16H19ClN4O3S. The molecule has 1 aromatic heterocycles. The summed E-state index contributed by atoms with van der Waals surface area (Å²) in [6, 6.07) is 7.02. The number of nitrogens with one attached hydrogen (secondary N) is 2. The number of rotatable bonds is 6. The number of ether oxygens (including phenoxy) is 1. The van der Waals surface area contributed by atoms with E-state index in [9.17, 15) is 9.59 Å². The number of hydrogen-bond acceptors (Lipinski definition) is 5. The summed E-state index contributed by atoms with van der Waals surface area (Å²) in [7, 11) is 1.62. The Labute approximate surface area is 155 Å². The number of thiazole rings is 1. The van der Waals surface area contributed by atoms with Crippen molar-refractivity contribution < 1.29 is 14.3 Å². The summed E-state index contributed by atoms with van der Waals surface area (Å²) < 4.78 is 5.03. The van der Waals surface area contributed by atoms with Gasteiger partial charge in [0.05, 0.1) is 6.54 Å². The number of carbonyl (C=O) groups is 2. The first-order valence-electron chi connectivity index (χ1n) is 7.54. The van der Waals surface area contributed by atoms with Crippen LogP contribution in [0.15, 0.2) is 30.5 Å². The predicted octanol–water partition coefficient (Wildman–Crippen LogP) is 3.50. The third kappa shape index (κ3) is 6.24. The molecular weight excluding hydrogens is 364 g/mol. The number of amides is 3. The zero-order chi connectivity index (χ0) is 18.2. The highest BCUT2D eigenvalue weighted by Crippen LogP contribution is 2.16. The van der Waals surface area contributed by atoms with Gasteiger partial charge in [-0.2, -0.15) is 0 Å². The molecule has 134 valence electrons. The van der Waals surface area contributed by atoms with Crippen molar-refractivity contribution in [1.29, 1.82) is 0 Å². The van der Waals surface area contributed by atoms with Gasteiger partial charge in [0.1, 0.15) is 6.61 Å². The summed E-state index contributed by atoms with van der Waals surface area (Å²) in [5.41, 5.74) is 0.834. The maximum absolute atomic E-state index is 12.0. The summed E-state index contributed by atoms with van der Waals surface area (Å²) >= 11 is 7.40. The normalized spacial score (nSPS) is 10.2. The van der Waals surface area contributed by atoms with Crippen LogP contribution in [0, 0.1) is 6.92 Å². The molecule has 3 amide bonds. The van der Waals surface area contributed by atoms with E-state index < -0.39 is 6.09 Å². The first-order valence-corrected chi connectivity index (χ1v) is 8.73. The predicted molar refractivity (Wildman–Crippen MR) is 98.1 cm³/mol. The highest BCUT2D eigenvalue weighted by molar-refractivity contribution is 7.15. The summed E-state index contributed by atoms with van der Waals surface area (Å²) in [6.07, 6.45) is 1.07. The van der Waals surface area contributed by atoms with Crippen LogP contribution in [0.3, 0.4) is 0 Å². The number of benzene rings is 1. The van der Waals surface area contributed by atoms with Crippen LogP contribution in [0.5, 0.6) is 0 Å². The van der Waals surface area contributed by atoms with E-state index in [0.29, 0.717) is 16.7 Å². The molecule has 0 aliphatic heterocycles. The third-order valence-corrected chi connectivity index (χ3v) is 4.42. The average molecular weight is 383 g/mol. The van der Waals surface area contributed by atoms with E-state index in [-0.39, 0.29) is 19.2 Å². The lowest BCUT2D eigenvalue weighted by Crippen LogP contribution is -2.39. The van der Waals surface area contributed by atoms with E-state index in [1.54, 1.807) is 19.3 Å². The molecule has 0 radical (unpaired) electrons. The van der Waals surface area contributed by atoms with Gasteiger partial charge in [-0.05, 0) is 18.6 Å². The van der Waals surface area contributed by atoms with Gasteiger partial charge in [0.15, 0.2) is 5.13 Å². The number of aromatic nitrogens is 1. The van der Waals surface area contributed by atoms with Gasteiger partial charge in [-0.1, -0.05) is 29.8 Å². The minimum absolute atomic E-state index is 0.0756. The molecule has 2 aromatic rings. The van der Waals surface area contributed by atoms with Gasteiger partial charge in [0, 0.05) is 29.7 Å². The van der Waals surface area contributed by atoms with Crippen LogP contribution in [0.25, 0.3) is 0 Å². The summed E-state index contributed by atoms with van der Waals surface area (Å²) in [4.78, 5) is 30.1. The molecule has 0 aliphatic carbocycles. The van der Waals surface area contributed by atoms with E-state index in [0.717, 1.165) is 10.4 Å². The molecule has 0 unspecified atom stereocenters. The smallest absolute Gasteiger partial charge is 0.413 e. The van der Waals surface area contributed by atoms with Crippen molar-refractivity contribution in [3.05, 3.63) is 45.9 Å². The molecule has 0 aliphatic rings. The zero-order valence-corrected chi connectivity index (χ0v) is 15.5. The van der Waals surface area contributed by atoms with E-state index in [1.807, 2.05) is 25.1 Å². The van der Waals surface area contributed by atoms with Gasteiger partial charge in [-0.3, -0.25) is 5.32 Å². The molecule has 25 heavy (non-hydrogen) atoms. The van der Waals surface area contributed by atoms with Gasteiger partial charge in [-0.25, -0.2) is 14.6 Å². The zero-order valence-electron chi connectivity index (χ0n) is 13.9. The highest BCUT2D eigenvalue weighted by Gasteiger charge is 2.11. The molecule has 1 aromatic carbocycles. The van der Waals surface area contributed by atoms with Crippen LogP contribution >= 0.6 is 22.9 Å². The molecule has 0 saturated carbocycles. The average Bonchev–Trinajstić information content (AvgIpc) is 2.98. The number of halogens is 1. The fraction of sp³-hybridized carbons (Fsp3) is 0.312. The quantitative estimate of drug-likeness (QED) is 0.800. The first kappa shape index (κ1) is 19.0.